The lowest BCUT2D eigenvalue weighted by Crippen LogP contribution is -2.42. The van der Waals surface area contributed by atoms with E-state index in [-0.39, 0.29) is 58.1 Å². The number of rotatable bonds is 9. The molecule has 6 unspecified atom stereocenters. The fourth-order valence-corrected chi connectivity index (χ4v) is 12.0. The minimum Gasteiger partial charge on any atom is -0.497 e. The summed E-state index contributed by atoms with van der Waals surface area (Å²) >= 11 is 2.86. The van der Waals surface area contributed by atoms with Gasteiger partial charge in [0, 0.05) is 27.1 Å². The molecule has 5 aromatic rings. The Morgan fingerprint density at radius 1 is 0.904 bits per heavy atom. The first-order valence-corrected chi connectivity index (χ1v) is 19.1. The van der Waals surface area contributed by atoms with Crippen molar-refractivity contribution in [1.82, 2.24) is 4.98 Å². The monoisotopic (exact) mass is 733 g/mol. The zero-order valence-electron chi connectivity index (χ0n) is 28.4. The third-order valence-corrected chi connectivity index (χ3v) is 13.7. The van der Waals surface area contributed by atoms with E-state index in [1.54, 1.807) is 43.1 Å². The number of H-pyrrole nitrogens is 1. The maximum absolute atomic E-state index is 14.1. The second-order valence-corrected chi connectivity index (χ2v) is 15.9. The van der Waals surface area contributed by atoms with Crippen molar-refractivity contribution in [3.63, 3.8) is 0 Å². The highest BCUT2D eigenvalue weighted by Crippen LogP contribution is 2.69. The van der Waals surface area contributed by atoms with E-state index in [2.05, 4.69) is 10.3 Å². The third kappa shape index (κ3) is 5.22. The number of carbonyl (C=O) groups is 3. The fraction of sp³-hybridized carbons (Fsp3) is 0.300. The molecule has 3 amide bonds. The Morgan fingerprint density at radius 2 is 1.67 bits per heavy atom. The maximum atomic E-state index is 14.1. The molecule has 9 rings (SSSR count). The Labute approximate surface area is 307 Å². The molecule has 4 aromatic carbocycles. The van der Waals surface area contributed by atoms with Crippen LogP contribution in [0, 0.1) is 29.6 Å². The summed E-state index contributed by atoms with van der Waals surface area (Å²) in [6, 6.07) is 26.4. The number of fused-ring (bicyclic) bond motifs is 10. The Kier molecular flexibility index (Phi) is 8.11. The SMILES string of the molecule is CCOc1cc([C@H]2c3sc(=O)[nH]c3SC3C4CC(C5C(=O)N(c6ccc(OC)cc6)C(=O)C45)C32)ccc1OCC(=O)Nc1cccc2ccccc12. The van der Waals surface area contributed by atoms with Crippen LogP contribution in [-0.4, -0.2) is 48.3 Å². The second-order valence-electron chi connectivity index (χ2n) is 13.7. The molecule has 2 saturated carbocycles. The van der Waals surface area contributed by atoms with Gasteiger partial charge in [-0.05, 0) is 84.5 Å². The van der Waals surface area contributed by atoms with Gasteiger partial charge in [0.2, 0.25) is 11.8 Å². The molecule has 0 spiro atoms. The lowest BCUT2D eigenvalue weighted by Gasteiger charge is -2.43. The summed E-state index contributed by atoms with van der Waals surface area (Å²) in [6.45, 7) is 2.05. The summed E-state index contributed by atoms with van der Waals surface area (Å²) in [5.41, 5.74) is 2.21. The number of benzene rings is 4. The Hall–Kier alpha value is -5.07. The molecule has 0 radical (unpaired) electrons. The highest BCUT2D eigenvalue weighted by molar-refractivity contribution is 8.00. The van der Waals surface area contributed by atoms with Crippen LogP contribution in [0.3, 0.4) is 0 Å². The van der Waals surface area contributed by atoms with Crippen LogP contribution in [0.25, 0.3) is 10.8 Å². The molecule has 264 valence electrons. The first-order chi connectivity index (χ1) is 25.3. The quantitative estimate of drug-likeness (QED) is 0.161. The van der Waals surface area contributed by atoms with Gasteiger partial charge in [0.05, 0.1) is 36.3 Å². The topological polar surface area (TPSA) is 127 Å². The minimum atomic E-state index is -0.421. The Balaban J connectivity index is 1.01. The molecular formula is C40H35N3O7S2. The number of nitrogens with one attached hydrogen (secondary N) is 2. The predicted molar refractivity (Wildman–Crippen MR) is 200 cm³/mol. The number of aromatic amines is 1. The molecule has 1 aromatic heterocycles. The van der Waals surface area contributed by atoms with Gasteiger partial charge in [-0.25, -0.2) is 0 Å². The van der Waals surface area contributed by atoms with Crippen LogP contribution in [0.15, 0.2) is 94.7 Å². The molecule has 52 heavy (non-hydrogen) atoms. The largest absolute Gasteiger partial charge is 0.497 e. The number of hydrogen-bond donors (Lipinski definition) is 2. The smallest absolute Gasteiger partial charge is 0.305 e. The third-order valence-electron chi connectivity index (χ3n) is 11.1. The van der Waals surface area contributed by atoms with Gasteiger partial charge in [-0.15, -0.1) is 11.8 Å². The first-order valence-electron chi connectivity index (χ1n) is 17.4. The molecule has 7 atom stereocenters. The number of thiazole rings is 1. The van der Waals surface area contributed by atoms with Crippen molar-refractivity contribution >= 4 is 63.0 Å². The van der Waals surface area contributed by atoms with E-state index in [0.29, 0.717) is 35.2 Å². The van der Waals surface area contributed by atoms with Crippen LogP contribution < -0.4 is 29.3 Å². The summed E-state index contributed by atoms with van der Waals surface area (Å²) in [4.78, 5) is 59.2. The molecule has 12 heteroatoms. The number of anilines is 2. The average Bonchev–Trinajstić information content (AvgIpc) is 3.90. The Morgan fingerprint density at radius 3 is 2.46 bits per heavy atom. The molecule has 2 aliphatic carbocycles. The lowest BCUT2D eigenvalue weighted by molar-refractivity contribution is -0.123. The fourth-order valence-electron chi connectivity index (χ4n) is 9.15. The van der Waals surface area contributed by atoms with E-state index in [1.807, 2.05) is 67.6 Å². The normalized spacial score (nSPS) is 25.5. The predicted octanol–water partition coefficient (Wildman–Crippen LogP) is 6.69. The summed E-state index contributed by atoms with van der Waals surface area (Å²) in [6.07, 6.45) is 0.784. The number of nitrogens with zero attached hydrogens (tertiary/aromatic N) is 1. The van der Waals surface area contributed by atoms with Crippen LogP contribution in [-0.2, 0) is 14.4 Å². The van der Waals surface area contributed by atoms with E-state index < -0.39 is 11.8 Å². The number of imide groups is 1. The molecule has 4 aliphatic rings. The molecule has 2 bridgehead atoms. The van der Waals surface area contributed by atoms with E-state index in [1.165, 1.54) is 16.2 Å². The molecule has 1 saturated heterocycles. The average molecular weight is 734 g/mol. The van der Waals surface area contributed by atoms with Crippen LogP contribution >= 0.6 is 23.1 Å². The molecule has 3 heterocycles. The van der Waals surface area contributed by atoms with Crippen LogP contribution in [0.1, 0.15) is 29.7 Å². The van der Waals surface area contributed by atoms with Crippen LogP contribution in [0.4, 0.5) is 11.4 Å². The molecule has 3 fully saturated rings. The summed E-state index contributed by atoms with van der Waals surface area (Å²) < 4.78 is 17.4. The van der Waals surface area contributed by atoms with Gasteiger partial charge in [-0.1, -0.05) is 53.8 Å². The summed E-state index contributed by atoms with van der Waals surface area (Å²) in [7, 11) is 1.58. The number of carbonyl (C=O) groups excluding carboxylic acids is 3. The highest BCUT2D eigenvalue weighted by atomic mass is 32.2. The zero-order valence-corrected chi connectivity index (χ0v) is 30.0. The van der Waals surface area contributed by atoms with Gasteiger partial charge in [0.1, 0.15) is 5.75 Å². The van der Waals surface area contributed by atoms with Crippen molar-refractivity contribution in [3.8, 4) is 17.2 Å². The number of hydrogen-bond acceptors (Lipinski definition) is 9. The van der Waals surface area contributed by atoms with Crippen LogP contribution in [0.2, 0.25) is 0 Å². The van der Waals surface area contributed by atoms with Crippen molar-refractivity contribution in [2.45, 2.75) is 29.5 Å². The summed E-state index contributed by atoms with van der Waals surface area (Å²) in [5, 5.41) is 5.81. The van der Waals surface area contributed by atoms with Gasteiger partial charge in [-0.2, -0.15) is 0 Å². The van der Waals surface area contributed by atoms with Gasteiger partial charge in [0.15, 0.2) is 18.1 Å². The number of methoxy groups -OCH3 is 1. The lowest BCUT2D eigenvalue weighted by atomic mass is 9.68. The van der Waals surface area contributed by atoms with Crippen molar-refractivity contribution in [2.75, 3.05) is 30.5 Å². The van der Waals surface area contributed by atoms with E-state index in [0.717, 1.165) is 32.7 Å². The van der Waals surface area contributed by atoms with Gasteiger partial charge in [-0.3, -0.25) is 24.1 Å². The van der Waals surface area contributed by atoms with Gasteiger partial charge >= 0.3 is 4.87 Å². The van der Waals surface area contributed by atoms with E-state index in [9.17, 15) is 19.2 Å². The molecular weight excluding hydrogens is 699 g/mol. The number of amides is 3. The first kappa shape index (κ1) is 32.8. The number of ether oxygens (including phenoxy) is 3. The van der Waals surface area contributed by atoms with Crippen molar-refractivity contribution in [1.29, 1.82) is 0 Å². The summed E-state index contributed by atoms with van der Waals surface area (Å²) in [5.74, 6) is -0.0267. The van der Waals surface area contributed by atoms with Crippen molar-refractivity contribution in [2.24, 2.45) is 29.6 Å². The van der Waals surface area contributed by atoms with Crippen molar-refractivity contribution < 1.29 is 28.6 Å². The Bertz CT molecular complexity index is 2300. The van der Waals surface area contributed by atoms with Gasteiger partial charge < -0.3 is 24.5 Å². The standard InChI is InChI=1S/C40H35N3O7S2/c1-3-49-29-17-21(11-16-28(29)50-19-30(44)41-27-10-6-8-20-7-4-5-9-24(20)27)31-32-25-18-26(35(32)51-37-36(31)52-40(47)42-37)34-33(25)38(45)43(39(34)46)22-12-14-23(48-2)15-13-22/h4-17,25-26,31-35H,3,18-19H2,1-2H3,(H,41,44)(H,42,47)/t25?,26?,31-,32?,33?,34?,35?/m1/s1. The zero-order chi connectivity index (χ0) is 35.7. The second kappa shape index (κ2) is 12.9. The van der Waals surface area contributed by atoms with Gasteiger partial charge in [0.25, 0.3) is 5.91 Å². The van der Waals surface area contributed by atoms with E-state index in [4.69, 9.17) is 14.2 Å². The number of aromatic nitrogens is 1. The molecule has 2 N–H and O–H groups in total. The van der Waals surface area contributed by atoms with E-state index >= 15 is 0 Å². The molecule has 10 nitrogen and oxygen atoms in total. The van der Waals surface area contributed by atoms with Crippen LogP contribution in [0.5, 0.6) is 17.2 Å². The highest BCUT2D eigenvalue weighted by Gasteiger charge is 2.69. The maximum Gasteiger partial charge on any atom is 0.305 e. The molecule has 2 aliphatic heterocycles. The number of thioether (sulfide) groups is 1. The minimum absolute atomic E-state index is 0.00188. The van der Waals surface area contributed by atoms with Crippen molar-refractivity contribution in [3.05, 3.63) is 105 Å².